The summed E-state index contributed by atoms with van der Waals surface area (Å²) in [5, 5.41) is 71.0. The van der Waals surface area contributed by atoms with Crippen LogP contribution in [0, 0.1) is 0 Å². The summed E-state index contributed by atoms with van der Waals surface area (Å²) in [5.74, 6) is -0.552. The molecular weight excluding hydrogens is 740 g/mol. The first-order chi connectivity index (χ1) is 27.6. The van der Waals surface area contributed by atoms with E-state index in [0.717, 1.165) is 25.7 Å². The molecule has 0 amide bonds. The van der Waals surface area contributed by atoms with E-state index in [-0.39, 0.29) is 13.2 Å². The van der Waals surface area contributed by atoms with Gasteiger partial charge in [-0.3, -0.25) is 4.79 Å². The maximum absolute atomic E-state index is 11.7. The summed E-state index contributed by atoms with van der Waals surface area (Å²) < 4.78 is 33.1. The average Bonchev–Trinajstić information content (AvgIpc) is 3.20. The topological polar surface area (TPSA) is 214 Å². The Bertz CT molecular complexity index is 1040. The van der Waals surface area contributed by atoms with Gasteiger partial charge in [0.2, 0.25) is 0 Å². The number of aliphatic hydroxyl groups is 7. The summed E-state index contributed by atoms with van der Waals surface area (Å²) in [7, 11) is 0. The molecule has 2 rings (SSSR count). The van der Waals surface area contributed by atoms with Crippen molar-refractivity contribution >= 4 is 5.97 Å². The van der Waals surface area contributed by atoms with Crippen LogP contribution in [0.1, 0.15) is 142 Å². The number of allylic oxidation sites excluding steroid dienone is 4. The van der Waals surface area contributed by atoms with Crippen LogP contribution in [0.25, 0.3) is 0 Å². The minimum atomic E-state index is -1.70. The first-order valence-electron chi connectivity index (χ1n) is 21.9. The highest BCUT2D eigenvalue weighted by Gasteiger charge is 2.47. The molecule has 0 saturated carbocycles. The fourth-order valence-electron chi connectivity index (χ4n) is 6.96. The molecule has 2 heterocycles. The maximum Gasteiger partial charge on any atom is 0.303 e. The van der Waals surface area contributed by atoms with E-state index in [0.29, 0.717) is 6.61 Å². The second-order valence-corrected chi connectivity index (χ2v) is 15.6. The van der Waals surface area contributed by atoms with Crippen molar-refractivity contribution in [2.24, 2.45) is 0 Å². The smallest absolute Gasteiger partial charge is 0.303 e. The zero-order valence-corrected chi connectivity index (χ0v) is 34.8. The minimum absolute atomic E-state index is 0.0465. The van der Waals surface area contributed by atoms with Crippen LogP contribution < -0.4 is 0 Å². The van der Waals surface area contributed by atoms with E-state index in [1.165, 1.54) is 110 Å². The zero-order chi connectivity index (χ0) is 41.7. The fraction of sp³-hybridized carbons (Fsp3) is 0.884. The molecule has 14 heteroatoms. The van der Waals surface area contributed by atoms with Gasteiger partial charge in [0.15, 0.2) is 12.6 Å². The highest BCUT2D eigenvalue weighted by molar-refractivity contribution is 5.66. The Labute approximate surface area is 341 Å². The molecule has 11 atom stereocenters. The Balaban J connectivity index is 1.50. The monoisotopic (exact) mass is 819 g/mol. The molecule has 0 bridgehead atoms. The van der Waals surface area contributed by atoms with Gasteiger partial charge in [0.05, 0.1) is 26.4 Å². The summed E-state index contributed by atoms with van der Waals surface area (Å²) in [4.78, 5) is 11.7. The molecule has 2 aliphatic rings. The number of rotatable bonds is 33. The largest absolute Gasteiger partial charge is 0.458 e. The lowest BCUT2D eigenvalue weighted by Crippen LogP contribution is -2.61. The Hall–Kier alpha value is -1.53. The number of hydrogen-bond donors (Lipinski definition) is 7. The van der Waals surface area contributed by atoms with Gasteiger partial charge in [0, 0.05) is 13.5 Å². The second kappa shape index (κ2) is 32.3. The first kappa shape index (κ1) is 51.6. The lowest BCUT2D eigenvalue weighted by Gasteiger charge is -2.42. The third-order valence-corrected chi connectivity index (χ3v) is 10.5. The van der Waals surface area contributed by atoms with Crippen molar-refractivity contribution in [3.05, 3.63) is 24.3 Å². The fourth-order valence-corrected chi connectivity index (χ4v) is 6.96. The van der Waals surface area contributed by atoms with E-state index in [2.05, 4.69) is 31.2 Å². The van der Waals surface area contributed by atoms with E-state index >= 15 is 0 Å². The minimum Gasteiger partial charge on any atom is -0.458 e. The molecule has 11 unspecified atom stereocenters. The van der Waals surface area contributed by atoms with Crippen LogP contribution in [0.15, 0.2) is 24.3 Å². The Morgan fingerprint density at radius 2 is 1.05 bits per heavy atom. The molecule has 7 N–H and O–H groups in total. The van der Waals surface area contributed by atoms with Crippen LogP contribution in [0.2, 0.25) is 0 Å². The van der Waals surface area contributed by atoms with E-state index in [1.807, 2.05) is 0 Å². The SMILES string of the molecule is CCCCCCC/C=C\C/C=C\CCCCCCCCCCCCCCOCC(COC1OC(COC2OC(CO)C(O)C(O)C2O)C(O)C(O)C1O)OC(C)=O. The summed E-state index contributed by atoms with van der Waals surface area (Å²) >= 11 is 0. The molecule has 2 saturated heterocycles. The van der Waals surface area contributed by atoms with Crippen LogP contribution in [0.3, 0.4) is 0 Å². The number of carbonyl (C=O) groups is 1. The van der Waals surface area contributed by atoms with Crippen LogP contribution in [0.4, 0.5) is 0 Å². The number of hydrogen-bond acceptors (Lipinski definition) is 14. The van der Waals surface area contributed by atoms with Gasteiger partial charge >= 0.3 is 5.97 Å². The van der Waals surface area contributed by atoms with Crippen LogP contribution in [-0.4, -0.2) is 142 Å². The van der Waals surface area contributed by atoms with Crippen LogP contribution in [0.5, 0.6) is 0 Å². The number of ether oxygens (including phenoxy) is 6. The summed E-state index contributed by atoms with van der Waals surface area (Å²) in [6.07, 6.45) is 18.0. The van der Waals surface area contributed by atoms with Gasteiger partial charge in [-0.05, 0) is 38.5 Å². The molecule has 334 valence electrons. The van der Waals surface area contributed by atoms with Gasteiger partial charge in [-0.15, -0.1) is 0 Å². The van der Waals surface area contributed by atoms with Gasteiger partial charge in [-0.1, -0.05) is 121 Å². The van der Waals surface area contributed by atoms with Crippen LogP contribution >= 0.6 is 0 Å². The number of carbonyl (C=O) groups excluding carboxylic acids is 1. The van der Waals surface area contributed by atoms with Gasteiger partial charge in [-0.2, -0.15) is 0 Å². The van der Waals surface area contributed by atoms with Crippen LogP contribution in [-0.2, 0) is 33.2 Å². The number of aliphatic hydroxyl groups excluding tert-OH is 7. The Morgan fingerprint density at radius 3 is 1.58 bits per heavy atom. The summed E-state index contributed by atoms with van der Waals surface area (Å²) in [5.41, 5.74) is 0. The van der Waals surface area contributed by atoms with E-state index < -0.39 is 86.7 Å². The van der Waals surface area contributed by atoms with E-state index in [1.54, 1.807) is 0 Å². The van der Waals surface area contributed by atoms with E-state index in [9.17, 15) is 40.5 Å². The second-order valence-electron chi connectivity index (χ2n) is 15.6. The lowest BCUT2D eigenvalue weighted by molar-refractivity contribution is -0.332. The molecule has 2 fully saturated rings. The predicted molar refractivity (Wildman–Crippen MR) is 215 cm³/mol. The average molecular weight is 819 g/mol. The van der Waals surface area contributed by atoms with Gasteiger partial charge in [0.25, 0.3) is 0 Å². The van der Waals surface area contributed by atoms with Crippen molar-refractivity contribution in [1.82, 2.24) is 0 Å². The van der Waals surface area contributed by atoms with Crippen molar-refractivity contribution in [1.29, 1.82) is 0 Å². The molecule has 0 aliphatic carbocycles. The van der Waals surface area contributed by atoms with Crippen molar-refractivity contribution in [3.8, 4) is 0 Å². The zero-order valence-electron chi connectivity index (χ0n) is 34.8. The third-order valence-electron chi connectivity index (χ3n) is 10.5. The van der Waals surface area contributed by atoms with Gasteiger partial charge in [-0.25, -0.2) is 0 Å². The number of unbranched alkanes of at least 4 members (excludes halogenated alkanes) is 17. The summed E-state index contributed by atoms with van der Waals surface area (Å²) in [6.45, 7) is 2.66. The molecule has 0 aromatic rings. The van der Waals surface area contributed by atoms with Gasteiger partial charge in [0.1, 0.15) is 54.9 Å². The molecular formula is C43H78O14. The molecule has 0 spiro atoms. The highest BCUT2D eigenvalue weighted by Crippen LogP contribution is 2.26. The van der Waals surface area contributed by atoms with Crippen molar-refractivity contribution in [2.75, 3.05) is 33.0 Å². The Morgan fingerprint density at radius 1 is 0.579 bits per heavy atom. The molecule has 2 aliphatic heterocycles. The van der Waals surface area contributed by atoms with Crippen molar-refractivity contribution in [2.45, 2.75) is 210 Å². The Kier molecular flexibility index (Phi) is 29.2. The quantitative estimate of drug-likeness (QED) is 0.0276. The van der Waals surface area contributed by atoms with Crippen molar-refractivity contribution < 1.29 is 69.0 Å². The molecule has 0 aromatic heterocycles. The van der Waals surface area contributed by atoms with Gasteiger partial charge < -0.3 is 64.2 Å². The predicted octanol–water partition coefficient (Wildman–Crippen LogP) is 4.51. The molecule has 57 heavy (non-hydrogen) atoms. The highest BCUT2D eigenvalue weighted by atomic mass is 16.7. The maximum atomic E-state index is 11.7. The normalized spacial score (nSPS) is 28.7. The summed E-state index contributed by atoms with van der Waals surface area (Å²) in [6, 6.07) is 0. The van der Waals surface area contributed by atoms with E-state index in [4.69, 9.17) is 28.4 Å². The molecule has 0 radical (unpaired) electrons. The standard InChI is InChI=1S/C43H78O14/c1-3-4-5-6-7-8-9-10-11-12-13-14-15-16-17-18-19-20-21-22-23-24-25-26-27-52-29-33(55-32(2)45)30-53-42-41(51)39(49)37(47)35(57-42)31-54-43-40(50)38(48)36(46)34(28-44)56-43/h9-10,12-13,33-44,46-51H,3-8,11,14-31H2,1-2H3/b10-9-,13-12-. The van der Waals surface area contributed by atoms with Crippen molar-refractivity contribution in [3.63, 3.8) is 0 Å². The number of esters is 1. The molecule has 0 aromatic carbocycles. The lowest BCUT2D eigenvalue weighted by atomic mass is 9.98. The third kappa shape index (κ3) is 22.0. The molecule has 14 nitrogen and oxygen atoms in total. The first-order valence-corrected chi connectivity index (χ1v) is 21.9.